The smallest absolute Gasteiger partial charge is 0.146 e. The highest BCUT2D eigenvalue weighted by Gasteiger charge is 2.12. The van der Waals surface area contributed by atoms with E-state index in [0.29, 0.717) is 6.79 Å². The molecule has 2 heteroatoms. The minimum absolute atomic E-state index is 0.445. The fraction of sp³-hybridized carbons (Fsp3) is 0.571. The van der Waals surface area contributed by atoms with Crippen LogP contribution in [-0.4, -0.2) is 20.0 Å². The number of ether oxygens (including phenoxy) is 2. The Balaban J connectivity index is 2.15. The van der Waals surface area contributed by atoms with E-state index in [0.717, 1.165) is 19.6 Å². The molecule has 0 spiro atoms. The van der Waals surface area contributed by atoms with Crippen LogP contribution < -0.4 is 0 Å². The molecule has 51 valence electrons. The molecule has 1 saturated heterocycles. The van der Waals surface area contributed by atoms with E-state index in [1.54, 1.807) is 0 Å². The van der Waals surface area contributed by atoms with Crippen LogP contribution in [0.3, 0.4) is 0 Å². The molecular formula is C7H11O2. The Hall–Kier alpha value is -0.340. The lowest BCUT2D eigenvalue weighted by Gasteiger charge is -2.19. The Morgan fingerprint density at radius 3 is 2.67 bits per heavy atom. The highest BCUT2D eigenvalue weighted by Crippen LogP contribution is 2.11. The molecule has 0 amide bonds. The average Bonchev–Trinajstić information content (AvgIpc) is 1.91. The van der Waals surface area contributed by atoms with Crippen molar-refractivity contribution in [1.29, 1.82) is 0 Å². The third kappa shape index (κ3) is 2.16. The molecule has 9 heavy (non-hydrogen) atoms. The fourth-order valence-electron chi connectivity index (χ4n) is 0.795. The first kappa shape index (κ1) is 6.78. The zero-order valence-corrected chi connectivity index (χ0v) is 5.43. The topological polar surface area (TPSA) is 18.5 Å². The van der Waals surface area contributed by atoms with Crippen molar-refractivity contribution in [2.75, 3.05) is 20.0 Å². The van der Waals surface area contributed by atoms with Crippen LogP contribution in [0.1, 0.15) is 6.42 Å². The van der Waals surface area contributed by atoms with E-state index in [1.807, 2.05) is 6.08 Å². The van der Waals surface area contributed by atoms with E-state index < -0.39 is 0 Å². The molecule has 1 fully saturated rings. The monoisotopic (exact) mass is 127 g/mol. The van der Waals surface area contributed by atoms with Crippen LogP contribution in [0.15, 0.2) is 12.7 Å². The van der Waals surface area contributed by atoms with E-state index in [9.17, 15) is 0 Å². The molecule has 1 aliphatic heterocycles. The summed E-state index contributed by atoms with van der Waals surface area (Å²) >= 11 is 0. The molecular weight excluding hydrogens is 116 g/mol. The van der Waals surface area contributed by atoms with Gasteiger partial charge in [0.25, 0.3) is 0 Å². The Morgan fingerprint density at radius 1 is 1.44 bits per heavy atom. The number of hydrogen-bond donors (Lipinski definition) is 0. The summed E-state index contributed by atoms with van der Waals surface area (Å²) in [4.78, 5) is 0. The Bertz CT molecular complexity index is 84.9. The van der Waals surface area contributed by atoms with Crippen LogP contribution in [0.5, 0.6) is 0 Å². The predicted octanol–water partition coefficient (Wildman–Crippen LogP) is 1.14. The van der Waals surface area contributed by atoms with E-state index in [1.165, 1.54) is 5.92 Å². The molecule has 0 N–H and O–H groups in total. The second-order valence-corrected chi connectivity index (χ2v) is 2.06. The molecule has 0 saturated carbocycles. The van der Waals surface area contributed by atoms with Crippen molar-refractivity contribution in [2.24, 2.45) is 0 Å². The summed E-state index contributed by atoms with van der Waals surface area (Å²) in [6, 6.07) is 0. The Morgan fingerprint density at radius 2 is 2.11 bits per heavy atom. The average molecular weight is 127 g/mol. The Kier molecular flexibility index (Phi) is 2.74. The molecule has 2 nitrogen and oxygen atoms in total. The van der Waals surface area contributed by atoms with E-state index >= 15 is 0 Å². The lowest BCUT2D eigenvalue weighted by Crippen LogP contribution is -2.21. The van der Waals surface area contributed by atoms with E-state index in [4.69, 9.17) is 9.47 Å². The van der Waals surface area contributed by atoms with Crippen molar-refractivity contribution in [1.82, 2.24) is 0 Å². The Labute approximate surface area is 55.5 Å². The van der Waals surface area contributed by atoms with Crippen molar-refractivity contribution in [3.8, 4) is 0 Å². The first-order valence-corrected chi connectivity index (χ1v) is 3.03. The van der Waals surface area contributed by atoms with Crippen molar-refractivity contribution in [2.45, 2.75) is 6.42 Å². The standard InChI is InChI=1S/C7H11O2/c1-2-3-7-4-8-6-9-5-7/h2H,1,3-6H2. The molecule has 0 atom stereocenters. The van der Waals surface area contributed by atoms with Gasteiger partial charge in [-0.05, 0) is 6.42 Å². The van der Waals surface area contributed by atoms with Gasteiger partial charge in [0.05, 0.1) is 13.2 Å². The zero-order valence-electron chi connectivity index (χ0n) is 5.43. The molecule has 0 aliphatic carbocycles. The highest BCUT2D eigenvalue weighted by atomic mass is 16.7. The third-order valence-electron chi connectivity index (χ3n) is 1.21. The summed E-state index contributed by atoms with van der Waals surface area (Å²) in [5, 5.41) is 0. The number of rotatable bonds is 2. The quantitative estimate of drug-likeness (QED) is 0.518. The van der Waals surface area contributed by atoms with Crippen LogP contribution in [0.4, 0.5) is 0 Å². The van der Waals surface area contributed by atoms with Gasteiger partial charge in [-0.25, -0.2) is 0 Å². The van der Waals surface area contributed by atoms with Gasteiger partial charge in [0.2, 0.25) is 0 Å². The van der Waals surface area contributed by atoms with Crippen LogP contribution in [-0.2, 0) is 9.47 Å². The highest BCUT2D eigenvalue weighted by molar-refractivity contribution is 4.96. The van der Waals surface area contributed by atoms with Crippen LogP contribution in [0, 0.1) is 5.92 Å². The second kappa shape index (κ2) is 3.64. The minimum Gasteiger partial charge on any atom is -0.355 e. The summed E-state index contributed by atoms with van der Waals surface area (Å²) in [6.07, 6.45) is 2.79. The summed E-state index contributed by atoms with van der Waals surface area (Å²) in [7, 11) is 0. The summed E-state index contributed by atoms with van der Waals surface area (Å²) < 4.78 is 10.1. The van der Waals surface area contributed by atoms with Gasteiger partial charge >= 0.3 is 0 Å². The van der Waals surface area contributed by atoms with Gasteiger partial charge in [-0.1, -0.05) is 6.08 Å². The number of allylic oxidation sites excluding steroid dienone is 1. The summed E-state index contributed by atoms with van der Waals surface area (Å²) in [5.41, 5.74) is 0. The molecule has 0 aromatic heterocycles. The van der Waals surface area contributed by atoms with Crippen LogP contribution >= 0.6 is 0 Å². The van der Waals surface area contributed by atoms with E-state index in [-0.39, 0.29) is 0 Å². The van der Waals surface area contributed by atoms with Gasteiger partial charge in [0, 0.05) is 5.92 Å². The first-order valence-electron chi connectivity index (χ1n) is 3.03. The number of hydrogen-bond acceptors (Lipinski definition) is 2. The molecule has 1 aliphatic rings. The second-order valence-electron chi connectivity index (χ2n) is 2.06. The van der Waals surface area contributed by atoms with Gasteiger partial charge < -0.3 is 9.47 Å². The van der Waals surface area contributed by atoms with E-state index in [2.05, 4.69) is 6.58 Å². The lowest BCUT2D eigenvalue weighted by molar-refractivity contribution is -0.0845. The molecule has 0 bridgehead atoms. The summed E-state index contributed by atoms with van der Waals surface area (Å²) in [5.74, 6) is 1.27. The SMILES string of the molecule is C=CC[C]1COCOC1. The third-order valence-corrected chi connectivity index (χ3v) is 1.21. The normalized spacial score (nSPS) is 21.8. The molecule has 1 heterocycles. The maximum absolute atomic E-state index is 5.03. The van der Waals surface area contributed by atoms with Crippen molar-refractivity contribution >= 4 is 0 Å². The molecule has 0 aromatic rings. The van der Waals surface area contributed by atoms with Crippen molar-refractivity contribution in [3.63, 3.8) is 0 Å². The maximum atomic E-state index is 5.03. The fourth-order valence-corrected chi connectivity index (χ4v) is 0.795. The molecule has 1 rings (SSSR count). The largest absolute Gasteiger partial charge is 0.355 e. The van der Waals surface area contributed by atoms with Gasteiger partial charge in [0.15, 0.2) is 0 Å². The maximum Gasteiger partial charge on any atom is 0.146 e. The minimum atomic E-state index is 0.445. The van der Waals surface area contributed by atoms with Gasteiger partial charge in [-0.2, -0.15) is 0 Å². The molecule has 0 aromatic carbocycles. The van der Waals surface area contributed by atoms with Crippen molar-refractivity contribution < 1.29 is 9.47 Å². The van der Waals surface area contributed by atoms with Gasteiger partial charge in [-0.3, -0.25) is 0 Å². The molecule has 0 unspecified atom stereocenters. The van der Waals surface area contributed by atoms with Crippen LogP contribution in [0.25, 0.3) is 0 Å². The summed E-state index contributed by atoms with van der Waals surface area (Å²) in [6.45, 7) is 5.55. The van der Waals surface area contributed by atoms with Gasteiger partial charge in [-0.15, -0.1) is 6.58 Å². The van der Waals surface area contributed by atoms with Gasteiger partial charge in [0.1, 0.15) is 6.79 Å². The predicted molar refractivity (Wildman–Crippen MR) is 34.8 cm³/mol. The first-order chi connectivity index (χ1) is 4.43. The molecule has 1 radical (unpaired) electrons. The van der Waals surface area contributed by atoms with Crippen LogP contribution in [0.2, 0.25) is 0 Å². The zero-order chi connectivity index (χ0) is 6.53. The lowest BCUT2D eigenvalue weighted by atomic mass is 10.1. The van der Waals surface area contributed by atoms with Crippen molar-refractivity contribution in [3.05, 3.63) is 18.6 Å².